The molecule has 9 nitrogen and oxygen atoms in total. The molecule has 9 heteroatoms. The van der Waals surface area contributed by atoms with Crippen LogP contribution in [0.5, 0.6) is 5.75 Å². The molecule has 3 N–H and O–H groups in total. The minimum atomic E-state index is -0.241. The Balaban J connectivity index is 1.10. The molecule has 6 aromatic rings. The predicted molar refractivity (Wildman–Crippen MR) is 157 cm³/mol. The van der Waals surface area contributed by atoms with Gasteiger partial charge in [0.25, 0.3) is 17.7 Å². The van der Waals surface area contributed by atoms with Crippen LogP contribution in [0.4, 0.5) is 11.4 Å². The summed E-state index contributed by atoms with van der Waals surface area (Å²) >= 11 is 0. The molecule has 0 unspecified atom stereocenters. The summed E-state index contributed by atoms with van der Waals surface area (Å²) in [5.74, 6) is -0.0337. The van der Waals surface area contributed by atoms with Crippen LogP contribution in [0.15, 0.2) is 78.9 Å². The Kier molecular flexibility index (Phi) is 4.82. The zero-order valence-corrected chi connectivity index (χ0v) is 21.9. The number of fused-ring (bicyclic) bond motifs is 4. The molecule has 8 rings (SSSR count). The van der Waals surface area contributed by atoms with Gasteiger partial charge in [-0.2, -0.15) is 5.06 Å². The molecule has 0 bridgehead atoms. The maximum absolute atomic E-state index is 13.8. The van der Waals surface area contributed by atoms with Crippen molar-refractivity contribution in [2.75, 3.05) is 23.8 Å². The predicted octanol–water partition coefficient (Wildman–Crippen LogP) is 5.64. The molecule has 0 saturated heterocycles. The van der Waals surface area contributed by atoms with Crippen molar-refractivity contribution in [2.45, 2.75) is 6.42 Å². The quantitative estimate of drug-likeness (QED) is 0.269. The van der Waals surface area contributed by atoms with Gasteiger partial charge in [0, 0.05) is 52.5 Å². The number of hydrogen-bond donors (Lipinski definition) is 3. The van der Waals surface area contributed by atoms with Gasteiger partial charge >= 0.3 is 0 Å². The van der Waals surface area contributed by atoms with Crippen LogP contribution in [0.2, 0.25) is 0 Å². The highest BCUT2D eigenvalue weighted by atomic mass is 16.7. The van der Waals surface area contributed by atoms with E-state index in [1.807, 2.05) is 66.7 Å². The second-order valence-corrected chi connectivity index (χ2v) is 10.4. The molecule has 3 amide bonds. The molecule has 0 aliphatic carbocycles. The number of hydrogen-bond acceptors (Lipinski definition) is 4. The Morgan fingerprint density at radius 3 is 2.56 bits per heavy atom. The van der Waals surface area contributed by atoms with Crippen molar-refractivity contribution in [1.82, 2.24) is 15.0 Å². The number of anilines is 2. The molecule has 0 spiro atoms. The Bertz CT molecular complexity index is 2070. The van der Waals surface area contributed by atoms with Crippen LogP contribution in [-0.2, 0) is 6.42 Å². The fourth-order valence-corrected chi connectivity index (χ4v) is 6.02. The van der Waals surface area contributed by atoms with Gasteiger partial charge in [-0.3, -0.25) is 14.4 Å². The van der Waals surface area contributed by atoms with Gasteiger partial charge in [-0.25, -0.2) is 0 Å². The van der Waals surface area contributed by atoms with Crippen molar-refractivity contribution in [2.24, 2.45) is 0 Å². The zero-order valence-electron chi connectivity index (χ0n) is 21.9. The highest BCUT2D eigenvalue weighted by Crippen LogP contribution is 2.44. The highest BCUT2D eigenvalue weighted by Gasteiger charge is 2.33. The lowest BCUT2D eigenvalue weighted by Crippen LogP contribution is -2.33. The SMILES string of the molecule is CN1Oc2cc3c(c4cccc(c24)C1=O)CCN3C(=O)c1cc2cc(NC(=O)c3cc4ccccc4[nH]3)ccc2[nH]1. The number of carbonyl (C=O) groups is 3. The third-order valence-corrected chi connectivity index (χ3v) is 7.97. The standard InChI is InChI=1S/C32H23N5O4/c1-36-31(39)22-7-4-6-21-20-11-12-37(27(20)16-28(41-36)29(21)22)32(40)26-15-18-13-19(9-10-24(18)35-26)33-30(38)25-14-17-5-2-3-8-23(17)34-25/h2-10,13-16,34-35H,11-12H2,1H3,(H,33,38). The number of nitrogens with zero attached hydrogens (tertiary/aromatic N) is 2. The first kappa shape index (κ1) is 23.3. The van der Waals surface area contributed by atoms with E-state index < -0.39 is 0 Å². The maximum atomic E-state index is 13.8. The van der Waals surface area contributed by atoms with Crippen LogP contribution in [0.25, 0.3) is 32.6 Å². The van der Waals surface area contributed by atoms with Crippen LogP contribution in [0.1, 0.15) is 36.9 Å². The molecule has 2 aliphatic rings. The van der Waals surface area contributed by atoms with E-state index in [1.54, 1.807) is 24.1 Å². The highest BCUT2D eigenvalue weighted by molar-refractivity contribution is 6.15. The Morgan fingerprint density at radius 1 is 0.878 bits per heavy atom. The van der Waals surface area contributed by atoms with Gasteiger partial charge in [0.2, 0.25) is 0 Å². The average molecular weight is 542 g/mol. The van der Waals surface area contributed by atoms with Gasteiger partial charge in [-0.1, -0.05) is 30.3 Å². The lowest BCUT2D eigenvalue weighted by Gasteiger charge is -2.27. The summed E-state index contributed by atoms with van der Waals surface area (Å²) in [4.78, 5) is 53.2. The van der Waals surface area contributed by atoms with E-state index in [-0.39, 0.29) is 17.7 Å². The number of H-pyrrole nitrogens is 2. The van der Waals surface area contributed by atoms with Crippen molar-refractivity contribution in [3.8, 4) is 5.75 Å². The number of amides is 3. The first-order valence-electron chi connectivity index (χ1n) is 13.3. The fraction of sp³-hybridized carbons (Fsp3) is 0.0938. The van der Waals surface area contributed by atoms with Crippen LogP contribution >= 0.6 is 0 Å². The second kappa shape index (κ2) is 8.46. The Morgan fingerprint density at radius 2 is 1.68 bits per heavy atom. The van der Waals surface area contributed by atoms with Gasteiger partial charge in [0.1, 0.15) is 11.4 Å². The van der Waals surface area contributed by atoms with E-state index in [4.69, 9.17) is 4.84 Å². The molecule has 0 radical (unpaired) electrons. The number of aromatic nitrogens is 2. The molecule has 200 valence electrons. The lowest BCUT2D eigenvalue weighted by atomic mass is 9.96. The van der Waals surface area contributed by atoms with E-state index in [1.165, 1.54) is 5.06 Å². The average Bonchev–Trinajstić information content (AvgIpc) is 3.72. The molecule has 4 heterocycles. The summed E-state index contributed by atoms with van der Waals surface area (Å²) in [7, 11) is 1.58. The number of aromatic amines is 2. The van der Waals surface area contributed by atoms with Gasteiger partial charge in [-0.05, 0) is 59.8 Å². The third kappa shape index (κ3) is 3.52. The van der Waals surface area contributed by atoms with Crippen molar-refractivity contribution >= 4 is 61.7 Å². The van der Waals surface area contributed by atoms with Crippen molar-refractivity contribution < 1.29 is 19.2 Å². The van der Waals surface area contributed by atoms with Gasteiger partial charge in [0.05, 0.1) is 11.3 Å². The molecule has 2 aliphatic heterocycles. The number of rotatable bonds is 3. The lowest BCUT2D eigenvalue weighted by molar-refractivity contribution is -0.0156. The van der Waals surface area contributed by atoms with Gasteiger partial charge < -0.3 is 25.0 Å². The third-order valence-electron chi connectivity index (χ3n) is 7.97. The summed E-state index contributed by atoms with van der Waals surface area (Å²) in [5, 5.41) is 7.66. The molecular formula is C32H23N5O4. The van der Waals surface area contributed by atoms with Crippen LogP contribution in [-0.4, -0.2) is 46.3 Å². The van der Waals surface area contributed by atoms with E-state index in [9.17, 15) is 14.4 Å². The van der Waals surface area contributed by atoms with Crippen molar-refractivity contribution in [3.63, 3.8) is 0 Å². The van der Waals surface area contributed by atoms with E-state index in [0.29, 0.717) is 41.4 Å². The minimum absolute atomic E-state index is 0.161. The number of nitrogens with one attached hydrogen (secondary N) is 3. The monoisotopic (exact) mass is 541 g/mol. The second-order valence-electron chi connectivity index (χ2n) is 10.4. The first-order chi connectivity index (χ1) is 19.9. The Hall–Kier alpha value is -5.57. The largest absolute Gasteiger partial charge is 0.376 e. The first-order valence-corrected chi connectivity index (χ1v) is 13.3. The number of para-hydroxylation sites is 1. The van der Waals surface area contributed by atoms with Crippen LogP contribution in [0, 0.1) is 0 Å². The summed E-state index contributed by atoms with van der Waals surface area (Å²) in [6.45, 7) is 0.516. The van der Waals surface area contributed by atoms with E-state index in [0.717, 1.165) is 43.8 Å². The van der Waals surface area contributed by atoms with E-state index in [2.05, 4.69) is 15.3 Å². The zero-order chi connectivity index (χ0) is 27.8. The Labute approximate surface area is 233 Å². The number of carbonyl (C=O) groups excluding carboxylic acids is 3. The minimum Gasteiger partial charge on any atom is -0.376 e. The number of benzene rings is 4. The van der Waals surface area contributed by atoms with Crippen LogP contribution < -0.4 is 15.1 Å². The summed E-state index contributed by atoms with van der Waals surface area (Å²) in [6, 6.07) is 24.4. The smallest absolute Gasteiger partial charge is 0.286 e. The normalized spacial score (nSPS) is 14.1. The molecule has 0 atom stereocenters. The van der Waals surface area contributed by atoms with Gasteiger partial charge in [0.15, 0.2) is 5.75 Å². The topological polar surface area (TPSA) is 111 Å². The summed E-state index contributed by atoms with van der Waals surface area (Å²) in [5.41, 5.74) is 5.64. The molecule has 41 heavy (non-hydrogen) atoms. The molecule has 4 aromatic carbocycles. The van der Waals surface area contributed by atoms with E-state index >= 15 is 0 Å². The summed E-state index contributed by atoms with van der Waals surface area (Å²) in [6.07, 6.45) is 0.676. The molecule has 2 aromatic heterocycles. The summed E-state index contributed by atoms with van der Waals surface area (Å²) < 4.78 is 0. The van der Waals surface area contributed by atoms with Crippen molar-refractivity contribution in [3.05, 3.63) is 101 Å². The molecular weight excluding hydrogens is 518 g/mol. The van der Waals surface area contributed by atoms with Crippen LogP contribution in [0.3, 0.4) is 0 Å². The molecule has 0 saturated carbocycles. The van der Waals surface area contributed by atoms with Gasteiger partial charge in [-0.15, -0.1) is 0 Å². The molecule has 0 fully saturated rings. The fourth-order valence-electron chi connectivity index (χ4n) is 6.02. The number of hydroxylamine groups is 2. The van der Waals surface area contributed by atoms with Crippen molar-refractivity contribution in [1.29, 1.82) is 0 Å². The maximum Gasteiger partial charge on any atom is 0.286 e.